The zero-order valence-corrected chi connectivity index (χ0v) is 14.4. The number of pyridine rings is 1. The summed E-state index contributed by atoms with van der Waals surface area (Å²) in [5, 5.41) is 0.529. The Labute approximate surface area is 145 Å². The molecule has 0 bridgehead atoms. The van der Waals surface area contributed by atoms with Gasteiger partial charge in [-0.3, -0.25) is 9.59 Å². The van der Waals surface area contributed by atoms with Gasteiger partial charge in [-0.2, -0.15) is 0 Å². The van der Waals surface area contributed by atoms with E-state index in [4.69, 9.17) is 4.74 Å². The molecule has 0 unspecified atom stereocenters. The molecule has 2 heterocycles. The van der Waals surface area contributed by atoms with Crippen molar-refractivity contribution in [2.45, 2.75) is 6.92 Å². The maximum atomic E-state index is 12.8. The molecule has 1 aromatic heterocycles. The summed E-state index contributed by atoms with van der Waals surface area (Å²) in [6.07, 6.45) is 1.22. The number of carbonyl (C=O) groups is 2. The van der Waals surface area contributed by atoms with Gasteiger partial charge >= 0.3 is 6.09 Å². The van der Waals surface area contributed by atoms with E-state index in [0.29, 0.717) is 38.2 Å². The Balaban J connectivity index is 1.81. The summed E-state index contributed by atoms with van der Waals surface area (Å²) in [5.74, 6) is -0.296. The predicted molar refractivity (Wildman–Crippen MR) is 93.7 cm³/mol. The van der Waals surface area contributed by atoms with Crippen molar-refractivity contribution in [3.05, 3.63) is 46.2 Å². The van der Waals surface area contributed by atoms with Crippen molar-refractivity contribution < 1.29 is 14.3 Å². The first-order valence-corrected chi connectivity index (χ1v) is 8.32. The lowest BCUT2D eigenvalue weighted by Gasteiger charge is -2.34. The molecule has 0 atom stereocenters. The highest BCUT2D eigenvalue weighted by Crippen LogP contribution is 2.13. The number of para-hydroxylation sites is 1. The highest BCUT2D eigenvalue weighted by atomic mass is 16.6. The number of aryl methyl sites for hydroxylation is 1. The second kappa shape index (κ2) is 6.96. The van der Waals surface area contributed by atoms with Crippen LogP contribution in [0.1, 0.15) is 17.3 Å². The van der Waals surface area contributed by atoms with Crippen LogP contribution in [0.2, 0.25) is 0 Å². The number of fused-ring (bicyclic) bond motifs is 1. The van der Waals surface area contributed by atoms with Crippen LogP contribution in [0.5, 0.6) is 0 Å². The number of aromatic nitrogens is 1. The first-order valence-electron chi connectivity index (χ1n) is 8.32. The molecule has 1 aliphatic rings. The number of benzene rings is 1. The smallest absolute Gasteiger partial charge is 0.409 e. The fraction of sp³-hybridized carbons (Fsp3) is 0.389. The maximum Gasteiger partial charge on any atom is 0.409 e. The average Bonchev–Trinajstić information content (AvgIpc) is 2.64. The van der Waals surface area contributed by atoms with E-state index in [0.717, 1.165) is 5.52 Å². The number of ether oxygens (including phenoxy) is 1. The van der Waals surface area contributed by atoms with Crippen LogP contribution in [0.25, 0.3) is 10.9 Å². The van der Waals surface area contributed by atoms with E-state index in [1.807, 2.05) is 19.2 Å². The molecular weight excluding hydrogens is 322 g/mol. The fourth-order valence-corrected chi connectivity index (χ4v) is 3.07. The molecule has 2 amide bonds. The quantitative estimate of drug-likeness (QED) is 0.827. The van der Waals surface area contributed by atoms with Crippen molar-refractivity contribution in [3.63, 3.8) is 0 Å². The van der Waals surface area contributed by atoms with Gasteiger partial charge in [0, 0.05) is 44.8 Å². The van der Waals surface area contributed by atoms with Gasteiger partial charge in [-0.1, -0.05) is 12.1 Å². The molecule has 0 saturated carbocycles. The third kappa shape index (κ3) is 3.22. The molecule has 0 radical (unpaired) electrons. The third-order valence-electron chi connectivity index (χ3n) is 4.42. The summed E-state index contributed by atoms with van der Waals surface area (Å²) in [7, 11) is 1.82. The Kier molecular flexibility index (Phi) is 4.74. The second-order valence-corrected chi connectivity index (χ2v) is 5.98. The number of nitrogens with zero attached hydrogens (tertiary/aromatic N) is 3. The van der Waals surface area contributed by atoms with Crippen LogP contribution >= 0.6 is 0 Å². The zero-order valence-electron chi connectivity index (χ0n) is 14.4. The van der Waals surface area contributed by atoms with E-state index in [1.54, 1.807) is 39.6 Å². The van der Waals surface area contributed by atoms with Gasteiger partial charge in [-0.25, -0.2) is 4.79 Å². The minimum absolute atomic E-state index is 0.158. The number of hydrogen-bond acceptors (Lipinski definition) is 4. The van der Waals surface area contributed by atoms with Gasteiger partial charge in [0.15, 0.2) is 0 Å². The number of rotatable bonds is 2. The van der Waals surface area contributed by atoms with Crippen LogP contribution in [0.4, 0.5) is 4.79 Å². The van der Waals surface area contributed by atoms with Gasteiger partial charge < -0.3 is 19.1 Å². The Morgan fingerprint density at radius 3 is 2.40 bits per heavy atom. The first kappa shape index (κ1) is 17.0. The molecule has 1 aliphatic heterocycles. The molecule has 1 aromatic carbocycles. The molecule has 3 rings (SSSR count). The summed E-state index contributed by atoms with van der Waals surface area (Å²) in [5.41, 5.74) is 0.688. The lowest BCUT2D eigenvalue weighted by molar-refractivity contribution is 0.0569. The number of amides is 2. The molecule has 25 heavy (non-hydrogen) atoms. The summed E-state index contributed by atoms with van der Waals surface area (Å²) < 4.78 is 6.77. The summed E-state index contributed by atoms with van der Waals surface area (Å²) in [6, 6.07) is 7.23. The molecular formula is C18H21N3O4. The molecule has 1 fully saturated rings. The lowest BCUT2D eigenvalue weighted by atomic mass is 10.1. The van der Waals surface area contributed by atoms with Crippen molar-refractivity contribution >= 4 is 22.9 Å². The predicted octanol–water partition coefficient (Wildman–Crippen LogP) is 1.45. The van der Waals surface area contributed by atoms with Gasteiger partial charge in [-0.05, 0) is 19.1 Å². The Morgan fingerprint density at radius 2 is 1.72 bits per heavy atom. The van der Waals surface area contributed by atoms with Crippen LogP contribution in [0.15, 0.2) is 35.3 Å². The van der Waals surface area contributed by atoms with Crippen molar-refractivity contribution in [2.24, 2.45) is 7.05 Å². The summed E-state index contributed by atoms with van der Waals surface area (Å²) >= 11 is 0. The standard InChI is InChI=1S/C18H21N3O4/c1-3-25-18(24)21-10-8-20(9-11-21)17(23)14-12-19(2)15-7-5-4-6-13(15)16(14)22/h4-7,12H,3,8-11H2,1-2H3. The van der Waals surface area contributed by atoms with E-state index in [1.165, 1.54) is 0 Å². The normalized spacial score (nSPS) is 14.6. The monoisotopic (exact) mass is 343 g/mol. The molecule has 2 aromatic rings. The van der Waals surface area contributed by atoms with Crippen LogP contribution in [0.3, 0.4) is 0 Å². The van der Waals surface area contributed by atoms with Gasteiger partial charge in [-0.15, -0.1) is 0 Å². The summed E-state index contributed by atoms with van der Waals surface area (Å²) in [4.78, 5) is 40.4. The van der Waals surface area contributed by atoms with Crippen LogP contribution in [-0.4, -0.2) is 59.2 Å². The summed E-state index contributed by atoms with van der Waals surface area (Å²) in [6.45, 7) is 3.65. The van der Waals surface area contributed by atoms with E-state index in [9.17, 15) is 14.4 Å². The topological polar surface area (TPSA) is 71.8 Å². The minimum atomic E-state index is -0.365. The molecule has 132 valence electrons. The van der Waals surface area contributed by atoms with Crippen molar-refractivity contribution in [1.82, 2.24) is 14.4 Å². The molecule has 7 heteroatoms. The van der Waals surface area contributed by atoms with Gasteiger partial charge in [0.05, 0.1) is 12.1 Å². The number of carbonyl (C=O) groups excluding carboxylic acids is 2. The largest absolute Gasteiger partial charge is 0.450 e. The fourth-order valence-electron chi connectivity index (χ4n) is 3.07. The SMILES string of the molecule is CCOC(=O)N1CCN(C(=O)c2cn(C)c3ccccc3c2=O)CC1. The Bertz CT molecular complexity index is 866. The van der Waals surface area contributed by atoms with Gasteiger partial charge in [0.25, 0.3) is 5.91 Å². The maximum absolute atomic E-state index is 12.8. The van der Waals surface area contributed by atoms with Crippen molar-refractivity contribution in [1.29, 1.82) is 0 Å². The molecule has 0 aliphatic carbocycles. The average molecular weight is 343 g/mol. The molecule has 7 nitrogen and oxygen atoms in total. The first-order chi connectivity index (χ1) is 12.0. The Morgan fingerprint density at radius 1 is 1.08 bits per heavy atom. The molecule has 0 spiro atoms. The number of hydrogen-bond donors (Lipinski definition) is 0. The van der Waals surface area contributed by atoms with Crippen LogP contribution in [-0.2, 0) is 11.8 Å². The van der Waals surface area contributed by atoms with Gasteiger partial charge in [0.1, 0.15) is 5.56 Å². The van der Waals surface area contributed by atoms with E-state index >= 15 is 0 Å². The highest BCUT2D eigenvalue weighted by molar-refractivity contribution is 5.97. The van der Waals surface area contributed by atoms with Crippen LogP contribution < -0.4 is 5.43 Å². The van der Waals surface area contributed by atoms with Gasteiger partial charge in [0.2, 0.25) is 5.43 Å². The lowest BCUT2D eigenvalue weighted by Crippen LogP contribution is -2.51. The van der Waals surface area contributed by atoms with Crippen LogP contribution in [0, 0.1) is 0 Å². The highest BCUT2D eigenvalue weighted by Gasteiger charge is 2.27. The van der Waals surface area contributed by atoms with Crippen molar-refractivity contribution in [3.8, 4) is 0 Å². The molecule has 1 saturated heterocycles. The minimum Gasteiger partial charge on any atom is -0.450 e. The zero-order chi connectivity index (χ0) is 18.0. The Hall–Kier alpha value is -2.83. The van der Waals surface area contributed by atoms with E-state index in [-0.39, 0.29) is 23.0 Å². The number of piperazine rings is 1. The third-order valence-corrected chi connectivity index (χ3v) is 4.42. The van der Waals surface area contributed by atoms with E-state index < -0.39 is 0 Å². The second-order valence-electron chi connectivity index (χ2n) is 5.98. The molecule has 0 N–H and O–H groups in total. The van der Waals surface area contributed by atoms with Crippen molar-refractivity contribution in [2.75, 3.05) is 32.8 Å². The van der Waals surface area contributed by atoms with E-state index in [2.05, 4.69) is 0 Å².